The number of carbonyl (C=O) groups excluding carboxylic acids is 1. The molecule has 1 aromatic carbocycles. The molecule has 0 spiro atoms. The number of likely N-dealkylation sites (tertiary alicyclic amines) is 2. The fourth-order valence-corrected chi connectivity index (χ4v) is 3.98. The molecule has 5 heteroatoms. The molecule has 2 fully saturated rings. The van der Waals surface area contributed by atoms with Gasteiger partial charge in [-0.15, -0.1) is 0 Å². The second-order valence-electron chi connectivity index (χ2n) is 6.96. The first-order valence-electron chi connectivity index (χ1n) is 8.41. The first-order valence-corrected chi connectivity index (χ1v) is 8.41. The number of carbonyl (C=O) groups is 1. The summed E-state index contributed by atoms with van der Waals surface area (Å²) in [5.74, 6) is 2.01. The van der Waals surface area contributed by atoms with Crippen molar-refractivity contribution in [1.82, 2.24) is 9.80 Å². The van der Waals surface area contributed by atoms with E-state index in [2.05, 4.69) is 4.90 Å². The van der Waals surface area contributed by atoms with Crippen molar-refractivity contribution < 1.29 is 13.6 Å². The maximum Gasteiger partial charge on any atom is 0.289 e. The van der Waals surface area contributed by atoms with E-state index in [1.807, 2.05) is 24.0 Å². The maximum atomic E-state index is 13.3. The zero-order valence-electron chi connectivity index (χ0n) is 13.7. The lowest BCUT2D eigenvalue weighted by molar-refractivity contribution is 0.0740. The number of hydrogen-bond donors (Lipinski definition) is 0. The standard InChI is InChI=1S/C19H21FN2O2/c1-13-5-6-18(24-13)19(23)22-11-15-9-21(10-16(15)12-22)8-14-3-2-4-17(20)7-14/h2-7,15-16H,8-12H2,1H3/t15-,16-/m0/s1. The summed E-state index contributed by atoms with van der Waals surface area (Å²) in [7, 11) is 0. The minimum absolute atomic E-state index is 0.00539. The molecule has 0 bridgehead atoms. The van der Waals surface area contributed by atoms with Crippen molar-refractivity contribution in [2.75, 3.05) is 26.2 Å². The summed E-state index contributed by atoms with van der Waals surface area (Å²) in [5, 5.41) is 0. The number of furan rings is 1. The minimum atomic E-state index is -0.183. The third kappa shape index (κ3) is 2.96. The van der Waals surface area contributed by atoms with Crippen LogP contribution in [0, 0.1) is 24.6 Å². The van der Waals surface area contributed by atoms with E-state index in [1.165, 1.54) is 6.07 Å². The first kappa shape index (κ1) is 15.4. The van der Waals surface area contributed by atoms with Crippen LogP contribution in [-0.2, 0) is 6.54 Å². The largest absolute Gasteiger partial charge is 0.456 e. The third-order valence-electron chi connectivity index (χ3n) is 5.10. The van der Waals surface area contributed by atoms with Crippen LogP contribution in [0.15, 0.2) is 40.8 Å². The van der Waals surface area contributed by atoms with E-state index in [9.17, 15) is 9.18 Å². The molecule has 2 aliphatic heterocycles. The van der Waals surface area contributed by atoms with Crippen molar-refractivity contribution in [2.45, 2.75) is 13.5 Å². The van der Waals surface area contributed by atoms with E-state index < -0.39 is 0 Å². The molecule has 1 aromatic heterocycles. The number of rotatable bonds is 3. The predicted molar refractivity (Wildman–Crippen MR) is 88.0 cm³/mol. The van der Waals surface area contributed by atoms with E-state index in [4.69, 9.17) is 4.42 Å². The van der Waals surface area contributed by atoms with Crippen LogP contribution in [-0.4, -0.2) is 41.9 Å². The molecule has 4 rings (SSSR count). The number of aryl methyl sites for hydroxylation is 1. The Morgan fingerprint density at radius 1 is 1.17 bits per heavy atom. The number of halogens is 1. The minimum Gasteiger partial charge on any atom is -0.456 e. The van der Waals surface area contributed by atoms with Crippen molar-refractivity contribution in [2.24, 2.45) is 11.8 Å². The Labute approximate surface area is 140 Å². The van der Waals surface area contributed by atoms with Gasteiger partial charge in [0.2, 0.25) is 0 Å². The lowest BCUT2D eigenvalue weighted by Crippen LogP contribution is -2.33. The highest BCUT2D eigenvalue weighted by molar-refractivity contribution is 5.91. The van der Waals surface area contributed by atoms with Gasteiger partial charge in [-0.05, 0) is 48.6 Å². The van der Waals surface area contributed by atoms with Crippen molar-refractivity contribution in [3.63, 3.8) is 0 Å². The first-order chi connectivity index (χ1) is 11.6. The Kier molecular flexibility index (Phi) is 3.88. The molecule has 0 radical (unpaired) electrons. The summed E-state index contributed by atoms with van der Waals surface area (Å²) in [6, 6.07) is 10.4. The van der Waals surface area contributed by atoms with E-state index in [0.29, 0.717) is 17.6 Å². The van der Waals surface area contributed by atoms with Crippen LogP contribution in [0.2, 0.25) is 0 Å². The Bertz CT molecular complexity index is 743. The van der Waals surface area contributed by atoms with E-state index in [1.54, 1.807) is 18.2 Å². The highest BCUT2D eigenvalue weighted by Gasteiger charge is 2.42. The van der Waals surface area contributed by atoms with Gasteiger partial charge in [0.05, 0.1) is 0 Å². The summed E-state index contributed by atoms with van der Waals surface area (Å²) in [4.78, 5) is 16.8. The fraction of sp³-hybridized carbons (Fsp3) is 0.421. The number of hydrogen-bond acceptors (Lipinski definition) is 3. The second-order valence-corrected chi connectivity index (χ2v) is 6.96. The van der Waals surface area contributed by atoms with Gasteiger partial charge < -0.3 is 9.32 Å². The van der Waals surface area contributed by atoms with Crippen LogP contribution in [0.25, 0.3) is 0 Å². The fourth-order valence-electron chi connectivity index (χ4n) is 3.98. The van der Waals surface area contributed by atoms with Gasteiger partial charge in [0.25, 0.3) is 5.91 Å². The van der Waals surface area contributed by atoms with Crippen molar-refractivity contribution in [3.8, 4) is 0 Å². The van der Waals surface area contributed by atoms with Crippen LogP contribution in [0.3, 0.4) is 0 Å². The van der Waals surface area contributed by atoms with Gasteiger partial charge in [-0.25, -0.2) is 4.39 Å². The van der Waals surface area contributed by atoms with Gasteiger partial charge in [-0.3, -0.25) is 9.69 Å². The summed E-state index contributed by atoms with van der Waals surface area (Å²) in [6.45, 7) is 6.10. The van der Waals surface area contributed by atoms with E-state index in [-0.39, 0.29) is 11.7 Å². The molecule has 4 nitrogen and oxygen atoms in total. The second kappa shape index (κ2) is 6.06. The lowest BCUT2D eigenvalue weighted by atomic mass is 10.0. The van der Waals surface area contributed by atoms with Gasteiger partial charge >= 0.3 is 0 Å². The average Bonchev–Trinajstić information content (AvgIpc) is 3.21. The Morgan fingerprint density at radius 3 is 2.54 bits per heavy atom. The van der Waals surface area contributed by atoms with E-state index >= 15 is 0 Å². The molecule has 3 heterocycles. The summed E-state index contributed by atoms with van der Waals surface area (Å²) >= 11 is 0. The predicted octanol–water partition coefficient (Wildman–Crippen LogP) is 2.93. The molecule has 1 amide bonds. The molecule has 126 valence electrons. The van der Waals surface area contributed by atoms with Crippen LogP contribution in [0.4, 0.5) is 4.39 Å². The quantitative estimate of drug-likeness (QED) is 0.869. The van der Waals surface area contributed by atoms with Crippen LogP contribution in [0.5, 0.6) is 0 Å². The molecule has 0 unspecified atom stereocenters. The smallest absolute Gasteiger partial charge is 0.289 e. The lowest BCUT2D eigenvalue weighted by Gasteiger charge is -2.21. The number of amides is 1. The van der Waals surface area contributed by atoms with Gasteiger partial charge in [-0.2, -0.15) is 0 Å². The average molecular weight is 328 g/mol. The zero-order valence-corrected chi connectivity index (χ0v) is 13.7. The topological polar surface area (TPSA) is 36.7 Å². The van der Waals surface area contributed by atoms with Crippen molar-refractivity contribution in [1.29, 1.82) is 0 Å². The van der Waals surface area contributed by atoms with Gasteiger partial charge in [0.1, 0.15) is 11.6 Å². The summed E-state index contributed by atoms with van der Waals surface area (Å²) in [5.41, 5.74) is 1.01. The Balaban J connectivity index is 1.36. The molecule has 2 aromatic rings. The monoisotopic (exact) mass is 328 g/mol. The van der Waals surface area contributed by atoms with Crippen molar-refractivity contribution >= 4 is 5.91 Å². The molecular formula is C19H21FN2O2. The Hall–Kier alpha value is -2.14. The van der Waals surface area contributed by atoms with Gasteiger partial charge in [-0.1, -0.05) is 12.1 Å². The summed E-state index contributed by atoms with van der Waals surface area (Å²) < 4.78 is 18.8. The molecule has 0 aliphatic carbocycles. The molecule has 2 aliphatic rings. The number of benzene rings is 1. The molecule has 2 atom stereocenters. The third-order valence-corrected chi connectivity index (χ3v) is 5.10. The molecule has 2 saturated heterocycles. The number of nitrogens with zero attached hydrogens (tertiary/aromatic N) is 2. The van der Waals surface area contributed by atoms with Gasteiger partial charge in [0, 0.05) is 32.7 Å². The highest BCUT2D eigenvalue weighted by atomic mass is 19.1. The van der Waals surface area contributed by atoms with Crippen LogP contribution < -0.4 is 0 Å². The highest BCUT2D eigenvalue weighted by Crippen LogP contribution is 2.32. The van der Waals surface area contributed by atoms with Crippen LogP contribution in [0.1, 0.15) is 21.9 Å². The SMILES string of the molecule is Cc1ccc(C(=O)N2C[C@@H]3CN(Cc4cccc(F)c4)C[C@H]3C2)o1. The molecule has 0 saturated carbocycles. The van der Waals surface area contributed by atoms with E-state index in [0.717, 1.165) is 44.0 Å². The molecule has 0 N–H and O–H groups in total. The zero-order chi connectivity index (χ0) is 16.7. The van der Waals surface area contributed by atoms with Crippen molar-refractivity contribution in [3.05, 3.63) is 59.3 Å². The Morgan fingerprint density at radius 2 is 1.92 bits per heavy atom. The molecule has 24 heavy (non-hydrogen) atoms. The van der Waals surface area contributed by atoms with Gasteiger partial charge in [0.15, 0.2) is 5.76 Å². The maximum absolute atomic E-state index is 13.3. The molecular weight excluding hydrogens is 307 g/mol. The van der Waals surface area contributed by atoms with Crippen LogP contribution >= 0.6 is 0 Å². The number of fused-ring (bicyclic) bond motifs is 1. The normalized spacial score (nSPS) is 23.7. The summed E-state index contributed by atoms with van der Waals surface area (Å²) in [6.07, 6.45) is 0.